The van der Waals surface area contributed by atoms with Crippen molar-refractivity contribution in [3.8, 4) is 47.4 Å². The summed E-state index contributed by atoms with van der Waals surface area (Å²) in [6, 6.07) is 1.09. The predicted octanol–water partition coefficient (Wildman–Crippen LogP) is -9.24. The van der Waals surface area contributed by atoms with Crippen LogP contribution in [0.15, 0.2) is 63.1 Å². The van der Waals surface area contributed by atoms with Gasteiger partial charge in [-0.3, -0.25) is 48.0 Å². The van der Waals surface area contributed by atoms with E-state index >= 15 is 0 Å². The first-order valence-corrected chi connectivity index (χ1v) is 25.9. The number of nitrogens with one attached hydrogen (secondary N) is 4. The van der Waals surface area contributed by atoms with Crippen LogP contribution in [0.3, 0.4) is 0 Å². The standard InChI is InChI=1S/C14H17FN2O6.C13H14F2N2O6.2C12H14FN3O6/c1-7-6-9(19)16-13(21)17(7)12-14(22,4-3-5-15)11(20)10(23-12)8(2)18;1-6(18)8-9(19)13(22,3-2-4-14)11(23-8)17-5-7(15)10(20)16-12(17)21;1-6(17)7-8(18)12(21,3-2-4-13)9(22-7)16-5-14-10(19)15-11(16)20;1-6(17)8-9(19)12(21,3-2-4-13)10(22-8)16-11(20)15-7(18)5-14-16/h6,8,10-12,18,20,22H,5H2,1-2H3,(H,16,19,21);5-6,8-9,11,18-19,22H,4H2,1H3,(H,16,20,21);5-9,17-18,21H,4H2,1H3,(H,15,19,20);5-6,8-10,17,19,21H,4H2,1H3,(H,15,18,20)/t8-,10-,11+,12-,14?;6-,8-,9+,11-,13?;6-,7-,8+,9-,12?;6-,8-,9+,10-,12?/m1111/s1. The Morgan fingerprint density at radius 1 is 0.533 bits per heavy atom. The zero-order valence-corrected chi connectivity index (χ0v) is 47.2. The molecular weight excluding hydrogens is 1230 g/mol. The highest BCUT2D eigenvalue weighted by Crippen LogP contribution is 2.42. The van der Waals surface area contributed by atoms with Crippen molar-refractivity contribution in [2.45, 2.75) is 155 Å². The second-order valence-electron chi connectivity index (χ2n) is 20.0. The number of aliphatic hydroxyl groups is 12. The molecule has 0 radical (unpaired) electrons. The third-order valence-corrected chi connectivity index (χ3v) is 13.6. The van der Waals surface area contributed by atoms with Crippen LogP contribution in [0.1, 0.15) is 58.3 Å². The van der Waals surface area contributed by atoms with E-state index in [2.05, 4.69) is 27.8 Å². The Morgan fingerprint density at radius 2 is 0.900 bits per heavy atom. The molecule has 4 fully saturated rings. The highest BCUT2D eigenvalue weighted by Gasteiger charge is 2.61. The van der Waals surface area contributed by atoms with E-state index in [-0.39, 0.29) is 5.69 Å². The molecule has 8 heterocycles. The number of alkyl halides is 4. The van der Waals surface area contributed by atoms with Crippen LogP contribution < -0.4 is 45.1 Å². The van der Waals surface area contributed by atoms with E-state index in [1.165, 1.54) is 34.6 Å². The van der Waals surface area contributed by atoms with Gasteiger partial charge in [-0.15, -0.1) is 0 Å². The zero-order valence-electron chi connectivity index (χ0n) is 47.2. The molecule has 4 aliphatic heterocycles. The number of aromatic amines is 4. The Labute approximate surface area is 498 Å². The number of nitrogens with zero attached hydrogens (tertiary/aromatic N) is 6. The van der Waals surface area contributed by atoms with Gasteiger partial charge < -0.3 is 80.2 Å². The van der Waals surface area contributed by atoms with Gasteiger partial charge in [0.25, 0.3) is 16.7 Å². The molecule has 4 unspecified atom stereocenters. The highest BCUT2D eigenvalue weighted by molar-refractivity contribution is 5.27. The lowest BCUT2D eigenvalue weighted by Gasteiger charge is -2.27. The fourth-order valence-electron chi connectivity index (χ4n) is 9.30. The number of ether oxygens (including phenoxy) is 4. The minimum Gasteiger partial charge on any atom is -0.391 e. The van der Waals surface area contributed by atoms with Gasteiger partial charge in [0.2, 0.25) is 11.4 Å². The Kier molecular flexibility index (Phi) is 23.9. The summed E-state index contributed by atoms with van der Waals surface area (Å²) in [5, 5.41) is 125. The van der Waals surface area contributed by atoms with E-state index in [1.54, 1.807) is 4.98 Å². The Hall–Kier alpha value is -8.17. The first kappa shape index (κ1) is 72.6. The van der Waals surface area contributed by atoms with Crippen molar-refractivity contribution in [3.05, 3.63) is 120 Å². The molecule has 0 spiro atoms. The molecule has 16 N–H and O–H groups in total. The smallest absolute Gasteiger partial charge is 0.350 e. The van der Waals surface area contributed by atoms with E-state index in [0.717, 1.165) is 23.2 Å². The van der Waals surface area contributed by atoms with Gasteiger partial charge in [0.05, 0.1) is 30.6 Å². The summed E-state index contributed by atoms with van der Waals surface area (Å²) < 4.78 is 86.4. The van der Waals surface area contributed by atoms with Crippen LogP contribution >= 0.6 is 0 Å². The van der Waals surface area contributed by atoms with E-state index in [0.29, 0.717) is 20.0 Å². The summed E-state index contributed by atoms with van der Waals surface area (Å²) in [7, 11) is 0. The van der Waals surface area contributed by atoms with Gasteiger partial charge in [-0.25, -0.2) is 41.5 Å². The molecule has 20 atom stereocenters. The molecule has 39 heteroatoms. The van der Waals surface area contributed by atoms with E-state index in [4.69, 9.17) is 18.9 Å². The second-order valence-corrected chi connectivity index (χ2v) is 20.0. The Bertz CT molecular complexity index is 3850. The lowest BCUT2D eigenvalue weighted by Crippen LogP contribution is -2.49. The maximum Gasteiger partial charge on any atom is 0.350 e. The topological polar surface area (TPSA) is 525 Å². The molecule has 0 bridgehead atoms. The summed E-state index contributed by atoms with van der Waals surface area (Å²) in [6.45, 7) is 2.14. The van der Waals surface area contributed by atoms with Crippen LogP contribution in [0, 0.1) is 60.1 Å². The third-order valence-electron chi connectivity index (χ3n) is 13.6. The normalized spacial score (nSPS) is 31.9. The molecule has 4 saturated heterocycles. The van der Waals surface area contributed by atoms with Crippen molar-refractivity contribution in [1.29, 1.82) is 0 Å². The van der Waals surface area contributed by atoms with E-state index in [9.17, 15) is 122 Å². The fraction of sp³-hybridized carbons (Fsp3) is 0.569. The lowest BCUT2D eigenvalue weighted by atomic mass is 9.92. The number of hydrogen-bond donors (Lipinski definition) is 16. The number of halogens is 5. The minimum absolute atomic E-state index is 0.141. The molecule has 0 saturated carbocycles. The number of rotatable bonds is 8. The largest absolute Gasteiger partial charge is 0.391 e. The molecule has 0 amide bonds. The molecule has 4 aromatic rings. The molecule has 0 aliphatic carbocycles. The van der Waals surface area contributed by atoms with Crippen LogP contribution in [0.25, 0.3) is 0 Å². The van der Waals surface area contributed by atoms with Gasteiger partial charge in [-0.1, -0.05) is 47.4 Å². The van der Waals surface area contributed by atoms with Crippen LogP contribution in [-0.2, 0) is 18.9 Å². The van der Waals surface area contributed by atoms with E-state index < -0.39 is 198 Å². The molecule has 34 nitrogen and oxygen atoms in total. The quantitative estimate of drug-likeness (QED) is 0.0575. The van der Waals surface area contributed by atoms with Crippen LogP contribution in [0.4, 0.5) is 22.0 Å². The van der Waals surface area contributed by atoms with Gasteiger partial charge in [-0.05, 0) is 34.6 Å². The summed E-state index contributed by atoms with van der Waals surface area (Å²) >= 11 is 0. The van der Waals surface area contributed by atoms with Gasteiger partial charge in [0.15, 0.2) is 41.7 Å². The lowest BCUT2D eigenvalue weighted by molar-refractivity contribution is -0.0947. The maximum absolute atomic E-state index is 13.4. The number of H-pyrrole nitrogens is 4. The maximum atomic E-state index is 13.4. The summed E-state index contributed by atoms with van der Waals surface area (Å²) in [5.41, 5.74) is -17.1. The van der Waals surface area contributed by atoms with Crippen molar-refractivity contribution in [3.63, 3.8) is 0 Å². The average Bonchev–Trinajstić information content (AvgIpc) is 1.62. The molecule has 4 aliphatic rings. The molecule has 4 aromatic heterocycles. The van der Waals surface area contributed by atoms with E-state index in [1.807, 2.05) is 44.6 Å². The number of aliphatic hydroxyl groups excluding tert-OH is 8. The second kappa shape index (κ2) is 29.6. The van der Waals surface area contributed by atoms with Gasteiger partial charge in [0.1, 0.15) is 88.1 Å². The van der Waals surface area contributed by atoms with Crippen molar-refractivity contribution in [1.82, 2.24) is 48.4 Å². The fourth-order valence-corrected chi connectivity index (χ4v) is 9.30. The first-order valence-electron chi connectivity index (χ1n) is 25.9. The summed E-state index contributed by atoms with van der Waals surface area (Å²) in [5.74, 6) is 14.8. The number of aryl methyl sites for hydroxylation is 1. The van der Waals surface area contributed by atoms with Crippen LogP contribution in [-0.4, -0.2) is 232 Å². The Balaban J connectivity index is 0.000000218. The first-order chi connectivity index (χ1) is 42.1. The Morgan fingerprint density at radius 3 is 1.29 bits per heavy atom. The summed E-state index contributed by atoms with van der Waals surface area (Å²) in [6.07, 6.45) is -21.5. The zero-order chi connectivity index (χ0) is 67.7. The van der Waals surface area contributed by atoms with Crippen molar-refractivity contribution in [2.24, 2.45) is 0 Å². The van der Waals surface area contributed by atoms with Crippen molar-refractivity contribution >= 4 is 0 Å². The average molecular weight is 1290 g/mol. The van der Waals surface area contributed by atoms with Gasteiger partial charge >= 0.3 is 28.4 Å². The van der Waals surface area contributed by atoms with Crippen LogP contribution in [0.5, 0.6) is 0 Å². The van der Waals surface area contributed by atoms with Crippen molar-refractivity contribution < 1.29 is 102 Å². The number of aromatic nitrogens is 10. The molecule has 0 aromatic carbocycles. The molecule has 492 valence electrons. The van der Waals surface area contributed by atoms with Gasteiger partial charge in [-0.2, -0.15) is 19.2 Å². The highest BCUT2D eigenvalue weighted by atomic mass is 19.1. The van der Waals surface area contributed by atoms with Gasteiger partial charge in [0, 0.05) is 11.8 Å². The van der Waals surface area contributed by atoms with Crippen molar-refractivity contribution in [2.75, 3.05) is 26.7 Å². The monoisotopic (exact) mass is 1290 g/mol. The molecule has 90 heavy (non-hydrogen) atoms. The molecule has 8 rings (SSSR count). The van der Waals surface area contributed by atoms with Crippen LogP contribution in [0.2, 0.25) is 0 Å². The SMILES string of the molecule is C[C@@H](O)[C@H]1O[C@@H](n2cc(F)c(=O)[nH]c2=O)C(O)(C#CCF)[C@H]1O.C[C@@H](O)[C@H]1O[C@@H](n2cnc(=O)[nH]c2=O)C(O)(C#CCF)[C@H]1O.C[C@@H](O)[C@H]1O[C@@H](n2ncc(=O)[nH]c2=O)C(O)(C#CCF)[C@H]1O.Cc1cc(=O)[nH]c(=O)n1[C@@H]1O[C@H]([C@@H](C)O)[C@H](O)C1(O)C#CCF. The number of hydrogen-bond acceptors (Lipinski definition) is 26. The predicted molar refractivity (Wildman–Crippen MR) is 287 cm³/mol. The summed E-state index contributed by atoms with van der Waals surface area (Å²) in [4.78, 5) is 102. The third kappa shape index (κ3) is 15.0. The molecular formula is C51H59F5N10O24. The minimum atomic E-state index is -2.50.